The van der Waals surface area contributed by atoms with E-state index in [9.17, 15) is 13.6 Å². The summed E-state index contributed by atoms with van der Waals surface area (Å²) in [4.78, 5) is 10.00. The van der Waals surface area contributed by atoms with E-state index in [0.717, 1.165) is 0 Å². The van der Waals surface area contributed by atoms with Crippen molar-refractivity contribution in [3.63, 3.8) is 0 Å². The van der Waals surface area contributed by atoms with Gasteiger partial charge in [0.25, 0.3) is 0 Å². The average molecular weight is 236 g/mol. The Hall–Kier alpha value is -2.23. The predicted molar refractivity (Wildman–Crippen MR) is 59.9 cm³/mol. The molecule has 0 aromatic heterocycles. The number of rotatable bonds is 1. The summed E-state index contributed by atoms with van der Waals surface area (Å²) >= 11 is 0. The van der Waals surface area contributed by atoms with Crippen LogP contribution in [-0.4, -0.2) is 11.4 Å². The third kappa shape index (κ3) is 4.42. The first kappa shape index (κ1) is 12.8. The highest BCUT2D eigenvalue weighted by Gasteiger charge is 1.92. The number of phenolic OH excluding ortho intramolecular Hbond substituents is 1. The number of halogens is 2. The van der Waals surface area contributed by atoms with Crippen LogP contribution in [0.15, 0.2) is 48.5 Å². The van der Waals surface area contributed by atoms with Crippen molar-refractivity contribution in [2.24, 2.45) is 0 Å². The molecule has 4 heteroatoms. The smallest absolute Gasteiger partial charge is 0.164 e. The first-order valence-electron chi connectivity index (χ1n) is 4.77. The molecule has 0 unspecified atom stereocenters. The SMILES string of the molecule is O=Cc1ccc(F)cc1.Oc1ccccc1F. The molecule has 0 aliphatic heterocycles. The van der Waals surface area contributed by atoms with E-state index in [1.54, 1.807) is 6.07 Å². The Morgan fingerprint density at radius 1 is 0.941 bits per heavy atom. The van der Waals surface area contributed by atoms with Gasteiger partial charge in [0.2, 0.25) is 0 Å². The monoisotopic (exact) mass is 236 g/mol. The van der Waals surface area contributed by atoms with Crippen LogP contribution in [0.1, 0.15) is 10.4 Å². The van der Waals surface area contributed by atoms with E-state index in [2.05, 4.69) is 0 Å². The second kappa shape index (κ2) is 6.37. The van der Waals surface area contributed by atoms with Gasteiger partial charge in [-0.15, -0.1) is 0 Å². The molecule has 0 heterocycles. The van der Waals surface area contributed by atoms with E-state index < -0.39 is 5.82 Å². The Morgan fingerprint density at radius 2 is 1.53 bits per heavy atom. The Labute approximate surface area is 97.1 Å². The van der Waals surface area contributed by atoms with Crippen molar-refractivity contribution < 1.29 is 18.7 Å². The fourth-order valence-corrected chi connectivity index (χ4v) is 0.993. The van der Waals surface area contributed by atoms with Crippen LogP contribution in [0.4, 0.5) is 8.78 Å². The first-order valence-corrected chi connectivity index (χ1v) is 4.77. The number of aromatic hydroxyl groups is 1. The molecule has 0 saturated heterocycles. The maximum Gasteiger partial charge on any atom is 0.164 e. The number of aldehydes is 1. The Balaban J connectivity index is 0.000000171. The van der Waals surface area contributed by atoms with Crippen molar-refractivity contribution >= 4 is 6.29 Å². The molecule has 0 aliphatic carbocycles. The Kier molecular flexibility index (Phi) is 4.81. The van der Waals surface area contributed by atoms with E-state index in [4.69, 9.17) is 5.11 Å². The van der Waals surface area contributed by atoms with Crippen LogP contribution in [0.25, 0.3) is 0 Å². The van der Waals surface area contributed by atoms with Crippen LogP contribution in [-0.2, 0) is 0 Å². The van der Waals surface area contributed by atoms with Crippen molar-refractivity contribution in [1.82, 2.24) is 0 Å². The molecule has 2 rings (SSSR count). The molecule has 2 nitrogen and oxygen atoms in total. The fourth-order valence-electron chi connectivity index (χ4n) is 0.993. The summed E-state index contributed by atoms with van der Waals surface area (Å²) in [5, 5.41) is 8.54. The van der Waals surface area contributed by atoms with Crippen LogP contribution >= 0.6 is 0 Å². The van der Waals surface area contributed by atoms with Crippen molar-refractivity contribution in [1.29, 1.82) is 0 Å². The molecule has 0 aliphatic rings. The summed E-state index contributed by atoms with van der Waals surface area (Å²) in [6, 6.07) is 11.0. The van der Waals surface area contributed by atoms with Gasteiger partial charge < -0.3 is 5.11 Å². The van der Waals surface area contributed by atoms with Gasteiger partial charge >= 0.3 is 0 Å². The molecule has 0 bridgehead atoms. The zero-order valence-corrected chi connectivity index (χ0v) is 8.81. The minimum absolute atomic E-state index is 0.299. The fraction of sp³-hybridized carbons (Fsp3) is 0. The summed E-state index contributed by atoms with van der Waals surface area (Å²) in [6.07, 6.45) is 0.680. The molecule has 2 aromatic rings. The van der Waals surface area contributed by atoms with Crippen LogP contribution in [0.2, 0.25) is 0 Å². The average Bonchev–Trinajstić information content (AvgIpc) is 2.35. The Bertz CT molecular complexity index is 460. The minimum atomic E-state index is -0.576. The van der Waals surface area contributed by atoms with Crippen LogP contribution in [0.3, 0.4) is 0 Å². The number of carbonyl (C=O) groups is 1. The van der Waals surface area contributed by atoms with E-state index in [0.29, 0.717) is 11.8 Å². The lowest BCUT2D eigenvalue weighted by Gasteiger charge is -1.88. The molecule has 0 spiro atoms. The highest BCUT2D eigenvalue weighted by Crippen LogP contribution is 2.11. The normalized spacial score (nSPS) is 9.06. The van der Waals surface area contributed by atoms with Gasteiger partial charge in [-0.25, -0.2) is 8.78 Å². The molecular formula is C13H10F2O2. The number of benzene rings is 2. The number of phenols is 1. The maximum absolute atomic E-state index is 12.1. The molecule has 0 fully saturated rings. The standard InChI is InChI=1S/C7H5FO.C6H5FO/c8-7-3-1-6(5-9)2-4-7;7-5-3-1-2-4-6(5)8/h1-5H;1-4,8H. The van der Waals surface area contributed by atoms with Gasteiger partial charge in [0.05, 0.1) is 0 Å². The third-order valence-corrected chi connectivity index (χ3v) is 1.86. The lowest BCUT2D eigenvalue weighted by molar-refractivity contribution is 0.112. The van der Waals surface area contributed by atoms with Gasteiger partial charge in [-0.2, -0.15) is 0 Å². The van der Waals surface area contributed by atoms with Gasteiger partial charge in [-0.1, -0.05) is 12.1 Å². The second-order valence-corrected chi connectivity index (χ2v) is 3.12. The zero-order valence-electron chi connectivity index (χ0n) is 8.81. The number of para-hydroxylation sites is 1. The highest BCUT2D eigenvalue weighted by molar-refractivity contribution is 5.74. The first-order chi connectivity index (χ1) is 8.13. The minimum Gasteiger partial charge on any atom is -0.505 e. The van der Waals surface area contributed by atoms with Gasteiger partial charge in [-0.05, 0) is 36.4 Å². The largest absolute Gasteiger partial charge is 0.505 e. The maximum atomic E-state index is 12.1. The van der Waals surface area contributed by atoms with Crippen molar-refractivity contribution in [2.45, 2.75) is 0 Å². The van der Waals surface area contributed by atoms with Crippen LogP contribution < -0.4 is 0 Å². The summed E-state index contributed by atoms with van der Waals surface area (Å²) in [7, 11) is 0. The third-order valence-electron chi connectivity index (χ3n) is 1.86. The molecule has 0 radical (unpaired) electrons. The van der Waals surface area contributed by atoms with Gasteiger partial charge in [0.15, 0.2) is 11.6 Å². The summed E-state index contributed by atoms with van der Waals surface area (Å²) in [5.41, 5.74) is 0.497. The van der Waals surface area contributed by atoms with Crippen LogP contribution in [0.5, 0.6) is 5.75 Å². The summed E-state index contributed by atoms with van der Waals surface area (Å²) in [5.74, 6) is -1.19. The lowest BCUT2D eigenvalue weighted by Crippen LogP contribution is -1.77. The van der Waals surface area contributed by atoms with E-state index in [1.165, 1.54) is 42.5 Å². The lowest BCUT2D eigenvalue weighted by atomic mass is 10.2. The van der Waals surface area contributed by atoms with Gasteiger partial charge in [0.1, 0.15) is 12.1 Å². The molecular weight excluding hydrogens is 226 g/mol. The highest BCUT2D eigenvalue weighted by atomic mass is 19.1. The molecule has 1 N–H and O–H groups in total. The molecule has 17 heavy (non-hydrogen) atoms. The Morgan fingerprint density at radius 3 is 1.94 bits per heavy atom. The molecule has 0 atom stereocenters. The number of hydrogen-bond acceptors (Lipinski definition) is 2. The topological polar surface area (TPSA) is 37.3 Å². The van der Waals surface area contributed by atoms with E-state index in [-0.39, 0.29) is 11.6 Å². The number of carbonyl (C=O) groups excluding carboxylic acids is 1. The van der Waals surface area contributed by atoms with Crippen LogP contribution in [0, 0.1) is 11.6 Å². The van der Waals surface area contributed by atoms with Crippen molar-refractivity contribution in [3.8, 4) is 5.75 Å². The second-order valence-electron chi connectivity index (χ2n) is 3.12. The number of hydrogen-bond donors (Lipinski definition) is 1. The van der Waals surface area contributed by atoms with Crippen molar-refractivity contribution in [2.75, 3.05) is 0 Å². The van der Waals surface area contributed by atoms with Gasteiger partial charge in [0, 0.05) is 5.56 Å². The molecule has 0 saturated carbocycles. The van der Waals surface area contributed by atoms with E-state index >= 15 is 0 Å². The van der Waals surface area contributed by atoms with E-state index in [1.807, 2.05) is 0 Å². The zero-order chi connectivity index (χ0) is 12.7. The van der Waals surface area contributed by atoms with Crippen molar-refractivity contribution in [3.05, 3.63) is 65.7 Å². The summed E-state index contributed by atoms with van der Waals surface area (Å²) in [6.45, 7) is 0. The molecule has 0 amide bonds. The predicted octanol–water partition coefficient (Wildman–Crippen LogP) is 3.17. The molecule has 2 aromatic carbocycles. The summed E-state index contributed by atoms with van der Waals surface area (Å²) < 4.78 is 24.2. The quantitative estimate of drug-likeness (QED) is 0.772. The molecule has 88 valence electrons. The van der Waals surface area contributed by atoms with Gasteiger partial charge in [-0.3, -0.25) is 4.79 Å².